The summed E-state index contributed by atoms with van der Waals surface area (Å²) in [5, 5.41) is 8.75. The number of nitrogens with zero attached hydrogens (tertiary/aromatic N) is 1. The summed E-state index contributed by atoms with van der Waals surface area (Å²) in [6, 6.07) is 4.45. The van der Waals surface area contributed by atoms with E-state index in [9.17, 15) is 22.4 Å². The molecule has 1 atom stereocenters. The zero-order valence-corrected chi connectivity index (χ0v) is 15.2. The minimum atomic E-state index is -3.79. The third-order valence-corrected chi connectivity index (χ3v) is 5.87. The van der Waals surface area contributed by atoms with Crippen LogP contribution < -0.4 is 4.72 Å². The zero-order chi connectivity index (χ0) is 19.2. The van der Waals surface area contributed by atoms with Gasteiger partial charge in [0.2, 0.25) is 15.9 Å². The normalized spacial score (nSPS) is 17.9. The second kappa shape index (κ2) is 9.09. The van der Waals surface area contributed by atoms with Gasteiger partial charge in [-0.25, -0.2) is 17.5 Å². The van der Waals surface area contributed by atoms with E-state index in [0.29, 0.717) is 19.5 Å². The molecular weight excluding hydrogens is 363 g/mol. The number of benzene rings is 1. The maximum absolute atomic E-state index is 12.9. The molecule has 1 unspecified atom stereocenters. The number of likely N-dealkylation sites (tertiary alicyclic amines) is 1. The van der Waals surface area contributed by atoms with Crippen molar-refractivity contribution < 1.29 is 27.5 Å². The SMILES string of the molecule is O=C(O)CCC1CCCN(C(=O)CCNS(=O)(=O)c2ccc(F)cc2)C1. The Morgan fingerprint density at radius 3 is 2.58 bits per heavy atom. The van der Waals surface area contributed by atoms with Crippen molar-refractivity contribution in [1.82, 2.24) is 9.62 Å². The number of hydrogen-bond acceptors (Lipinski definition) is 4. The van der Waals surface area contributed by atoms with Crippen molar-refractivity contribution in [2.45, 2.75) is 37.0 Å². The van der Waals surface area contributed by atoms with Crippen molar-refractivity contribution in [3.8, 4) is 0 Å². The quantitative estimate of drug-likeness (QED) is 0.706. The largest absolute Gasteiger partial charge is 0.481 e. The second-order valence-corrected chi connectivity index (χ2v) is 8.15. The van der Waals surface area contributed by atoms with Crippen molar-refractivity contribution in [2.75, 3.05) is 19.6 Å². The molecule has 2 rings (SSSR count). The van der Waals surface area contributed by atoms with E-state index in [2.05, 4.69) is 4.72 Å². The van der Waals surface area contributed by atoms with Crippen LogP contribution in [0.4, 0.5) is 4.39 Å². The van der Waals surface area contributed by atoms with Crippen LogP contribution in [0.15, 0.2) is 29.2 Å². The lowest BCUT2D eigenvalue weighted by molar-refractivity contribution is -0.137. The fourth-order valence-corrected chi connectivity index (χ4v) is 4.03. The van der Waals surface area contributed by atoms with Gasteiger partial charge in [-0.3, -0.25) is 9.59 Å². The number of aliphatic carboxylic acids is 1. The van der Waals surface area contributed by atoms with Crippen molar-refractivity contribution in [3.63, 3.8) is 0 Å². The molecule has 0 radical (unpaired) electrons. The third-order valence-electron chi connectivity index (χ3n) is 4.39. The van der Waals surface area contributed by atoms with Crippen molar-refractivity contribution in [2.24, 2.45) is 5.92 Å². The Hall–Kier alpha value is -2.00. The number of nitrogens with one attached hydrogen (secondary N) is 1. The molecule has 0 bridgehead atoms. The molecule has 1 aliphatic rings. The summed E-state index contributed by atoms with van der Waals surface area (Å²) in [5.74, 6) is -1.36. The summed E-state index contributed by atoms with van der Waals surface area (Å²) in [6.07, 6.45) is 2.36. The van der Waals surface area contributed by atoms with Crippen molar-refractivity contribution in [3.05, 3.63) is 30.1 Å². The molecule has 1 saturated heterocycles. The molecule has 1 fully saturated rings. The molecular formula is C17H23FN2O5S. The number of rotatable bonds is 8. The molecule has 1 aliphatic heterocycles. The number of carboxylic acid groups (broad SMARTS) is 1. The van der Waals surface area contributed by atoms with E-state index < -0.39 is 21.8 Å². The standard InChI is InChI=1S/C17H23FN2O5S/c18-14-4-6-15(7-5-14)26(24,25)19-10-9-16(21)20-11-1-2-13(12-20)3-8-17(22)23/h4-7,13,19H,1-3,8-12H2,(H,22,23). The fourth-order valence-electron chi connectivity index (χ4n) is 3.00. The number of carbonyl (C=O) groups excluding carboxylic acids is 1. The summed E-state index contributed by atoms with van der Waals surface area (Å²) in [4.78, 5) is 24.5. The predicted molar refractivity (Wildman–Crippen MR) is 92.4 cm³/mol. The van der Waals surface area contributed by atoms with Crippen molar-refractivity contribution in [1.29, 1.82) is 0 Å². The summed E-state index contributed by atoms with van der Waals surface area (Å²) >= 11 is 0. The van der Waals surface area contributed by atoms with Crippen LogP contribution in [0.25, 0.3) is 0 Å². The van der Waals surface area contributed by atoms with Crippen LogP contribution in [0, 0.1) is 11.7 Å². The van der Waals surface area contributed by atoms with Crippen LogP contribution in [0.5, 0.6) is 0 Å². The summed E-state index contributed by atoms with van der Waals surface area (Å²) in [6.45, 7) is 1.07. The van der Waals surface area contributed by atoms with Gasteiger partial charge in [0, 0.05) is 32.5 Å². The summed E-state index contributed by atoms with van der Waals surface area (Å²) < 4.78 is 39.4. The highest BCUT2D eigenvalue weighted by Crippen LogP contribution is 2.21. The Morgan fingerprint density at radius 2 is 1.92 bits per heavy atom. The van der Waals surface area contributed by atoms with E-state index in [1.165, 1.54) is 0 Å². The lowest BCUT2D eigenvalue weighted by atomic mass is 9.93. The van der Waals surface area contributed by atoms with Gasteiger partial charge in [0.05, 0.1) is 4.90 Å². The molecule has 1 heterocycles. The Balaban J connectivity index is 1.80. The van der Waals surface area contributed by atoms with Crippen LogP contribution >= 0.6 is 0 Å². The topological polar surface area (TPSA) is 104 Å². The minimum Gasteiger partial charge on any atom is -0.481 e. The van der Waals surface area contributed by atoms with Crippen molar-refractivity contribution >= 4 is 21.9 Å². The zero-order valence-electron chi connectivity index (χ0n) is 14.4. The van der Waals surface area contributed by atoms with E-state index in [1.54, 1.807) is 4.90 Å². The van der Waals surface area contributed by atoms with Gasteiger partial charge >= 0.3 is 5.97 Å². The van der Waals surface area contributed by atoms with Crippen LogP contribution in [-0.4, -0.2) is 49.9 Å². The van der Waals surface area contributed by atoms with E-state index >= 15 is 0 Å². The van der Waals surface area contributed by atoms with Gasteiger partial charge in [0.25, 0.3) is 0 Å². The first-order valence-electron chi connectivity index (χ1n) is 8.53. The Kier molecular flexibility index (Phi) is 7.10. The highest BCUT2D eigenvalue weighted by molar-refractivity contribution is 7.89. The van der Waals surface area contributed by atoms with Gasteiger partial charge in [-0.2, -0.15) is 0 Å². The monoisotopic (exact) mass is 386 g/mol. The van der Waals surface area contributed by atoms with Crippen LogP contribution in [-0.2, 0) is 19.6 Å². The van der Waals surface area contributed by atoms with Gasteiger partial charge in [0.15, 0.2) is 0 Å². The molecule has 144 valence electrons. The van der Waals surface area contributed by atoms with E-state index in [1.807, 2.05) is 0 Å². The van der Waals surface area contributed by atoms with Crippen LogP contribution in [0.2, 0.25) is 0 Å². The molecule has 0 aliphatic carbocycles. The highest BCUT2D eigenvalue weighted by atomic mass is 32.2. The smallest absolute Gasteiger partial charge is 0.303 e. The van der Waals surface area contributed by atoms with Gasteiger partial charge in [-0.15, -0.1) is 0 Å². The lowest BCUT2D eigenvalue weighted by Gasteiger charge is -2.32. The van der Waals surface area contributed by atoms with Gasteiger partial charge in [-0.05, 0) is 49.4 Å². The van der Waals surface area contributed by atoms with Gasteiger partial charge in [-0.1, -0.05) is 0 Å². The molecule has 9 heteroatoms. The number of carboxylic acids is 1. The predicted octanol–water partition coefficient (Wildman–Crippen LogP) is 1.60. The average molecular weight is 386 g/mol. The lowest BCUT2D eigenvalue weighted by Crippen LogP contribution is -2.41. The number of halogens is 1. The minimum absolute atomic E-state index is 0.0199. The third kappa shape index (κ3) is 6.06. The Morgan fingerprint density at radius 1 is 1.23 bits per heavy atom. The molecule has 1 aromatic carbocycles. The Labute approximate surface area is 152 Å². The fraction of sp³-hybridized carbons (Fsp3) is 0.529. The molecule has 2 N–H and O–H groups in total. The number of hydrogen-bond donors (Lipinski definition) is 2. The Bertz CT molecular complexity index is 736. The van der Waals surface area contributed by atoms with E-state index in [0.717, 1.165) is 37.1 Å². The summed E-state index contributed by atoms with van der Waals surface area (Å²) in [7, 11) is -3.79. The molecule has 1 amide bonds. The molecule has 0 spiro atoms. The molecule has 26 heavy (non-hydrogen) atoms. The first-order chi connectivity index (χ1) is 12.3. The maximum atomic E-state index is 12.9. The van der Waals surface area contributed by atoms with Gasteiger partial charge < -0.3 is 10.0 Å². The van der Waals surface area contributed by atoms with E-state index in [-0.39, 0.29) is 36.1 Å². The first kappa shape index (κ1) is 20.3. The number of piperidine rings is 1. The first-order valence-corrected chi connectivity index (χ1v) is 10.0. The summed E-state index contributed by atoms with van der Waals surface area (Å²) in [5.41, 5.74) is 0. The van der Waals surface area contributed by atoms with Crippen LogP contribution in [0.1, 0.15) is 32.1 Å². The number of carbonyl (C=O) groups is 2. The van der Waals surface area contributed by atoms with E-state index in [4.69, 9.17) is 5.11 Å². The molecule has 7 nitrogen and oxygen atoms in total. The van der Waals surface area contributed by atoms with Gasteiger partial charge in [0.1, 0.15) is 5.82 Å². The van der Waals surface area contributed by atoms with Crippen LogP contribution in [0.3, 0.4) is 0 Å². The maximum Gasteiger partial charge on any atom is 0.303 e. The number of amides is 1. The number of sulfonamides is 1. The average Bonchev–Trinajstić information content (AvgIpc) is 2.60. The second-order valence-electron chi connectivity index (χ2n) is 6.38. The molecule has 1 aromatic rings. The molecule has 0 saturated carbocycles. The highest BCUT2D eigenvalue weighted by Gasteiger charge is 2.24. The molecule has 0 aromatic heterocycles.